The Bertz CT molecular complexity index is 1460. The molecule has 3 aromatic rings. The van der Waals surface area contributed by atoms with Crippen molar-refractivity contribution in [3.63, 3.8) is 0 Å². The van der Waals surface area contributed by atoms with Crippen molar-refractivity contribution in [2.24, 2.45) is 0 Å². The predicted octanol–water partition coefficient (Wildman–Crippen LogP) is 6.95. The van der Waals surface area contributed by atoms with Crippen molar-refractivity contribution < 1.29 is 24.2 Å². The Labute approximate surface area is 220 Å². The maximum absolute atomic E-state index is 13.0. The molecule has 0 N–H and O–H groups in total. The molecule has 0 aromatic heterocycles. The summed E-state index contributed by atoms with van der Waals surface area (Å²) in [5, 5.41) is 22.5. The minimum Gasteiger partial charge on any atom is -0.449 e. The van der Waals surface area contributed by atoms with Crippen molar-refractivity contribution in [1.82, 2.24) is 4.90 Å². The lowest BCUT2D eigenvalue weighted by atomic mass is 10.1. The number of carbonyl (C=O) groups is 2. The summed E-state index contributed by atoms with van der Waals surface area (Å²) >= 11 is 10.1. The Balaban J connectivity index is 1.66. The SMILES string of the molecule is O=C1S/C(=C\c2cc(Br)ccc2Oc2ccc([N+](=O)[O-])cc2[N+](=O)[O-])C(=O)N1Cc1cccc(Cl)c1. The molecule has 2 amide bonds. The zero-order valence-corrected chi connectivity index (χ0v) is 21.1. The van der Waals surface area contributed by atoms with Crippen LogP contribution in [-0.2, 0) is 11.3 Å². The standard InChI is InChI=1S/C23H13BrClN3O7S/c24-15-4-6-19(35-20-7-5-17(27(31)32)11-18(20)28(33)34)14(9-15)10-21-22(29)26(23(30)36-21)12-13-2-1-3-16(25)8-13/h1-11H,12H2/b21-10-. The van der Waals surface area contributed by atoms with Crippen molar-refractivity contribution in [3.05, 3.63) is 106 Å². The molecule has 3 aromatic carbocycles. The normalized spacial score (nSPS) is 14.4. The summed E-state index contributed by atoms with van der Waals surface area (Å²) in [6.45, 7) is 0.0411. The number of halogens is 2. The zero-order chi connectivity index (χ0) is 26.0. The van der Waals surface area contributed by atoms with Gasteiger partial charge in [0, 0.05) is 21.1 Å². The van der Waals surface area contributed by atoms with E-state index < -0.39 is 32.4 Å². The quantitative estimate of drug-likeness (QED) is 0.164. The number of non-ortho nitro benzene ring substituents is 1. The van der Waals surface area contributed by atoms with Crippen LogP contribution in [0.2, 0.25) is 5.02 Å². The van der Waals surface area contributed by atoms with E-state index in [1.807, 2.05) is 0 Å². The largest absolute Gasteiger partial charge is 0.449 e. The Morgan fingerprint density at radius 1 is 1.00 bits per heavy atom. The van der Waals surface area contributed by atoms with E-state index in [4.69, 9.17) is 16.3 Å². The maximum atomic E-state index is 13.0. The minimum absolute atomic E-state index is 0.0411. The first-order chi connectivity index (χ1) is 17.1. The highest BCUT2D eigenvalue weighted by molar-refractivity contribution is 9.10. The van der Waals surface area contributed by atoms with Gasteiger partial charge >= 0.3 is 5.69 Å². The van der Waals surface area contributed by atoms with Gasteiger partial charge in [0.1, 0.15) is 5.75 Å². The molecule has 0 radical (unpaired) electrons. The van der Waals surface area contributed by atoms with Crippen LogP contribution in [0.15, 0.2) is 70.0 Å². The first kappa shape index (κ1) is 25.4. The van der Waals surface area contributed by atoms with Gasteiger partial charge in [-0.1, -0.05) is 39.7 Å². The molecule has 0 saturated carbocycles. The molecule has 0 unspecified atom stereocenters. The number of imide groups is 1. The number of ether oxygens (including phenoxy) is 1. The van der Waals surface area contributed by atoms with Crippen LogP contribution in [0.5, 0.6) is 11.5 Å². The number of amides is 2. The van der Waals surface area contributed by atoms with Gasteiger partial charge in [-0.2, -0.15) is 0 Å². The topological polar surface area (TPSA) is 133 Å². The smallest absolute Gasteiger partial charge is 0.318 e. The summed E-state index contributed by atoms with van der Waals surface area (Å²) in [5.74, 6) is -0.606. The summed E-state index contributed by atoms with van der Waals surface area (Å²) in [6, 6.07) is 14.6. The van der Waals surface area contributed by atoms with Crippen molar-refractivity contribution >= 4 is 67.9 Å². The third-order valence-electron chi connectivity index (χ3n) is 4.93. The number of hydrogen-bond donors (Lipinski definition) is 0. The Hall–Kier alpha value is -3.74. The minimum atomic E-state index is -0.790. The van der Waals surface area contributed by atoms with Gasteiger partial charge in [-0.05, 0) is 59.8 Å². The molecule has 1 aliphatic heterocycles. The highest BCUT2D eigenvalue weighted by Crippen LogP contribution is 2.39. The first-order valence-electron chi connectivity index (χ1n) is 10.0. The molecule has 0 atom stereocenters. The monoisotopic (exact) mass is 589 g/mol. The lowest BCUT2D eigenvalue weighted by Crippen LogP contribution is -2.27. The summed E-state index contributed by atoms with van der Waals surface area (Å²) in [5.41, 5.74) is -0.0216. The fourth-order valence-corrected chi connectivity index (χ4v) is 4.71. The van der Waals surface area contributed by atoms with Crippen LogP contribution in [0.25, 0.3) is 6.08 Å². The molecule has 13 heteroatoms. The Kier molecular flexibility index (Phi) is 7.38. The molecule has 10 nitrogen and oxygen atoms in total. The van der Waals surface area contributed by atoms with E-state index in [1.54, 1.807) is 36.4 Å². The van der Waals surface area contributed by atoms with Crippen molar-refractivity contribution in [2.45, 2.75) is 6.54 Å². The number of thioether (sulfide) groups is 1. The molecule has 1 fully saturated rings. The number of benzene rings is 3. The van der Waals surface area contributed by atoms with Gasteiger partial charge in [-0.25, -0.2) is 0 Å². The van der Waals surface area contributed by atoms with E-state index in [2.05, 4.69) is 15.9 Å². The van der Waals surface area contributed by atoms with Crippen LogP contribution >= 0.6 is 39.3 Å². The average Bonchev–Trinajstić information content (AvgIpc) is 3.08. The van der Waals surface area contributed by atoms with E-state index in [0.717, 1.165) is 34.9 Å². The van der Waals surface area contributed by atoms with Gasteiger partial charge in [-0.3, -0.25) is 34.7 Å². The lowest BCUT2D eigenvalue weighted by Gasteiger charge is -2.13. The van der Waals surface area contributed by atoms with E-state index in [0.29, 0.717) is 20.6 Å². The second-order valence-electron chi connectivity index (χ2n) is 7.35. The fourth-order valence-electron chi connectivity index (χ4n) is 3.29. The van der Waals surface area contributed by atoms with E-state index in [1.165, 1.54) is 12.1 Å². The van der Waals surface area contributed by atoms with Crippen LogP contribution in [0.4, 0.5) is 16.2 Å². The van der Waals surface area contributed by atoms with Crippen LogP contribution in [-0.4, -0.2) is 25.9 Å². The van der Waals surface area contributed by atoms with Crippen molar-refractivity contribution in [3.8, 4) is 11.5 Å². The first-order valence-corrected chi connectivity index (χ1v) is 12.0. The second kappa shape index (κ2) is 10.5. The average molecular weight is 591 g/mol. The van der Waals surface area contributed by atoms with Gasteiger partial charge < -0.3 is 4.74 Å². The molecule has 36 heavy (non-hydrogen) atoms. The third-order valence-corrected chi connectivity index (χ3v) is 6.57. The van der Waals surface area contributed by atoms with Crippen LogP contribution < -0.4 is 4.74 Å². The molecular formula is C23H13BrClN3O7S. The highest BCUT2D eigenvalue weighted by Gasteiger charge is 2.35. The van der Waals surface area contributed by atoms with Gasteiger partial charge in [0.05, 0.1) is 27.4 Å². The van der Waals surface area contributed by atoms with Crippen molar-refractivity contribution in [2.75, 3.05) is 0 Å². The Morgan fingerprint density at radius 3 is 2.44 bits per heavy atom. The molecule has 1 aliphatic rings. The molecular weight excluding hydrogens is 578 g/mol. The van der Waals surface area contributed by atoms with Crippen LogP contribution in [0, 0.1) is 20.2 Å². The van der Waals surface area contributed by atoms with Crippen LogP contribution in [0.1, 0.15) is 11.1 Å². The number of carbonyl (C=O) groups excluding carboxylic acids is 2. The van der Waals surface area contributed by atoms with E-state index in [9.17, 15) is 29.8 Å². The molecule has 1 heterocycles. The number of nitro benzene ring substituents is 2. The molecule has 0 spiro atoms. The molecule has 182 valence electrons. The molecule has 0 aliphatic carbocycles. The van der Waals surface area contributed by atoms with Gasteiger partial charge in [0.15, 0.2) is 0 Å². The van der Waals surface area contributed by atoms with Gasteiger partial charge in [0.25, 0.3) is 16.8 Å². The summed E-state index contributed by atoms with van der Waals surface area (Å²) < 4.78 is 6.36. The number of nitro groups is 2. The molecule has 1 saturated heterocycles. The third kappa shape index (κ3) is 5.56. The predicted molar refractivity (Wildman–Crippen MR) is 137 cm³/mol. The summed E-state index contributed by atoms with van der Waals surface area (Å²) in [7, 11) is 0. The van der Waals surface area contributed by atoms with E-state index >= 15 is 0 Å². The lowest BCUT2D eigenvalue weighted by molar-refractivity contribution is -0.394. The van der Waals surface area contributed by atoms with Crippen LogP contribution in [0.3, 0.4) is 0 Å². The molecule has 4 rings (SSSR count). The maximum Gasteiger partial charge on any atom is 0.318 e. The summed E-state index contributed by atoms with van der Waals surface area (Å²) in [4.78, 5) is 47.7. The summed E-state index contributed by atoms with van der Waals surface area (Å²) in [6.07, 6.45) is 1.44. The van der Waals surface area contributed by atoms with Crippen molar-refractivity contribution in [1.29, 1.82) is 0 Å². The fraction of sp³-hybridized carbons (Fsp3) is 0.0435. The van der Waals surface area contributed by atoms with Gasteiger partial charge in [0.2, 0.25) is 5.75 Å². The second-order valence-corrected chi connectivity index (χ2v) is 9.69. The van der Waals surface area contributed by atoms with Gasteiger partial charge in [-0.15, -0.1) is 0 Å². The zero-order valence-electron chi connectivity index (χ0n) is 17.9. The molecule has 0 bridgehead atoms. The highest BCUT2D eigenvalue weighted by atomic mass is 79.9. The number of rotatable bonds is 7. The van der Waals surface area contributed by atoms with E-state index in [-0.39, 0.29) is 22.9 Å². The Morgan fingerprint density at radius 2 is 1.75 bits per heavy atom. The number of nitrogens with zero attached hydrogens (tertiary/aromatic N) is 3. The number of hydrogen-bond acceptors (Lipinski definition) is 8.